The summed E-state index contributed by atoms with van der Waals surface area (Å²) in [5.41, 5.74) is 2.30. The third-order valence-corrected chi connectivity index (χ3v) is 3.12. The summed E-state index contributed by atoms with van der Waals surface area (Å²) in [6, 6.07) is 9.57. The average molecular weight is 239 g/mol. The monoisotopic (exact) mass is 239 g/mol. The van der Waals surface area contributed by atoms with E-state index in [1.807, 2.05) is 38.1 Å². The van der Waals surface area contributed by atoms with E-state index in [1.54, 1.807) is 12.3 Å². The smallest absolute Gasteiger partial charge is 0.198 e. The van der Waals surface area contributed by atoms with E-state index in [-0.39, 0.29) is 5.78 Å². The maximum Gasteiger partial charge on any atom is 0.198 e. The number of aryl methyl sites for hydroxylation is 2. The van der Waals surface area contributed by atoms with E-state index < -0.39 is 0 Å². The van der Waals surface area contributed by atoms with Crippen molar-refractivity contribution in [2.75, 3.05) is 0 Å². The minimum Gasteiger partial charge on any atom is -0.466 e. The summed E-state index contributed by atoms with van der Waals surface area (Å²) in [4.78, 5) is 15.6. The molecule has 1 aromatic carbocycles. The van der Waals surface area contributed by atoms with Crippen molar-refractivity contribution in [1.29, 1.82) is 0 Å². The topological polar surface area (TPSA) is 46.0 Å². The lowest BCUT2D eigenvalue weighted by Gasteiger charge is -1.97. The second-order valence-electron chi connectivity index (χ2n) is 4.40. The first-order chi connectivity index (χ1) is 8.66. The first kappa shape index (κ1) is 10.8. The summed E-state index contributed by atoms with van der Waals surface area (Å²) in [7, 11) is 0. The highest BCUT2D eigenvalue weighted by Crippen LogP contribution is 2.23. The quantitative estimate of drug-likeness (QED) is 0.694. The molecular formula is C15H13NO2. The van der Waals surface area contributed by atoms with Crippen LogP contribution in [0.25, 0.3) is 10.9 Å². The Hall–Kier alpha value is -2.29. The number of carbonyl (C=O) groups excluding carboxylic acids is 1. The van der Waals surface area contributed by atoms with Crippen LogP contribution >= 0.6 is 0 Å². The van der Waals surface area contributed by atoms with Crippen LogP contribution in [0, 0.1) is 13.8 Å². The number of hydrogen-bond donors (Lipinski definition) is 1. The van der Waals surface area contributed by atoms with Crippen LogP contribution in [0.2, 0.25) is 0 Å². The van der Waals surface area contributed by atoms with Gasteiger partial charge in [0.15, 0.2) is 5.78 Å². The van der Waals surface area contributed by atoms with Gasteiger partial charge in [-0.25, -0.2) is 0 Å². The van der Waals surface area contributed by atoms with Crippen molar-refractivity contribution in [3.8, 4) is 0 Å². The summed E-state index contributed by atoms with van der Waals surface area (Å²) in [5.74, 6) is 1.43. The van der Waals surface area contributed by atoms with Gasteiger partial charge in [0.1, 0.15) is 11.5 Å². The van der Waals surface area contributed by atoms with E-state index in [9.17, 15) is 4.79 Å². The molecule has 0 fully saturated rings. The Bertz CT molecular complexity index is 734. The van der Waals surface area contributed by atoms with Gasteiger partial charge in [0.2, 0.25) is 0 Å². The zero-order valence-corrected chi connectivity index (χ0v) is 10.3. The van der Waals surface area contributed by atoms with Gasteiger partial charge < -0.3 is 9.40 Å². The van der Waals surface area contributed by atoms with Crippen molar-refractivity contribution in [3.05, 3.63) is 59.2 Å². The number of nitrogens with one attached hydrogen (secondary N) is 1. The maximum absolute atomic E-state index is 12.5. The van der Waals surface area contributed by atoms with Crippen LogP contribution in [0.5, 0.6) is 0 Å². The summed E-state index contributed by atoms with van der Waals surface area (Å²) in [5, 5.41) is 0.945. The molecule has 3 nitrogen and oxygen atoms in total. The van der Waals surface area contributed by atoms with E-state index >= 15 is 0 Å². The number of ketones is 1. The molecule has 2 aromatic heterocycles. The second-order valence-corrected chi connectivity index (χ2v) is 4.40. The zero-order valence-electron chi connectivity index (χ0n) is 10.3. The molecule has 0 radical (unpaired) electrons. The van der Waals surface area contributed by atoms with Gasteiger partial charge in [-0.05, 0) is 26.0 Å². The highest BCUT2D eigenvalue weighted by atomic mass is 16.3. The molecule has 0 aliphatic heterocycles. The largest absolute Gasteiger partial charge is 0.466 e. The molecule has 0 atom stereocenters. The van der Waals surface area contributed by atoms with Crippen molar-refractivity contribution in [2.45, 2.75) is 13.8 Å². The van der Waals surface area contributed by atoms with Crippen LogP contribution < -0.4 is 0 Å². The van der Waals surface area contributed by atoms with Crippen LogP contribution in [-0.4, -0.2) is 10.8 Å². The molecule has 0 aliphatic carbocycles. The molecule has 18 heavy (non-hydrogen) atoms. The van der Waals surface area contributed by atoms with E-state index in [0.717, 1.165) is 16.7 Å². The number of aromatic amines is 1. The van der Waals surface area contributed by atoms with E-state index in [0.29, 0.717) is 16.9 Å². The van der Waals surface area contributed by atoms with Crippen molar-refractivity contribution in [1.82, 2.24) is 4.98 Å². The molecule has 90 valence electrons. The summed E-state index contributed by atoms with van der Waals surface area (Å²) < 4.78 is 5.41. The summed E-state index contributed by atoms with van der Waals surface area (Å²) in [6.45, 7) is 3.66. The van der Waals surface area contributed by atoms with Gasteiger partial charge in [-0.1, -0.05) is 18.2 Å². The van der Waals surface area contributed by atoms with Crippen molar-refractivity contribution >= 4 is 16.7 Å². The Balaban J connectivity index is 2.15. The number of hydrogen-bond acceptors (Lipinski definition) is 2. The first-order valence-corrected chi connectivity index (χ1v) is 5.84. The Morgan fingerprint density at radius 3 is 2.67 bits per heavy atom. The SMILES string of the molecule is Cc1cc(C(=O)c2c[nH]c3ccccc23)c(C)o1. The summed E-state index contributed by atoms with van der Waals surface area (Å²) in [6.07, 6.45) is 1.76. The van der Waals surface area contributed by atoms with Gasteiger partial charge in [-0.2, -0.15) is 0 Å². The molecule has 0 aliphatic rings. The van der Waals surface area contributed by atoms with Crippen LogP contribution in [0.1, 0.15) is 27.4 Å². The van der Waals surface area contributed by atoms with E-state index in [2.05, 4.69) is 4.98 Å². The fraction of sp³-hybridized carbons (Fsp3) is 0.133. The lowest BCUT2D eigenvalue weighted by Crippen LogP contribution is -2.00. The number of fused-ring (bicyclic) bond motifs is 1. The molecule has 0 bridgehead atoms. The fourth-order valence-electron chi connectivity index (χ4n) is 2.26. The fourth-order valence-corrected chi connectivity index (χ4v) is 2.26. The Labute approximate surface area is 104 Å². The van der Waals surface area contributed by atoms with Crippen molar-refractivity contribution < 1.29 is 9.21 Å². The third-order valence-electron chi connectivity index (χ3n) is 3.12. The maximum atomic E-state index is 12.5. The zero-order chi connectivity index (χ0) is 12.7. The summed E-state index contributed by atoms with van der Waals surface area (Å²) >= 11 is 0. The van der Waals surface area contributed by atoms with Crippen LogP contribution in [0.3, 0.4) is 0 Å². The number of furan rings is 1. The predicted molar refractivity (Wildman–Crippen MR) is 69.9 cm³/mol. The van der Waals surface area contributed by atoms with Crippen LogP contribution in [0.15, 0.2) is 40.9 Å². The van der Waals surface area contributed by atoms with Crippen molar-refractivity contribution in [3.63, 3.8) is 0 Å². The average Bonchev–Trinajstić information content (AvgIpc) is 2.92. The highest BCUT2D eigenvalue weighted by molar-refractivity contribution is 6.16. The number of rotatable bonds is 2. The van der Waals surface area contributed by atoms with Gasteiger partial charge in [-0.3, -0.25) is 4.79 Å². The molecule has 0 saturated heterocycles. The first-order valence-electron chi connectivity index (χ1n) is 5.84. The van der Waals surface area contributed by atoms with E-state index in [1.165, 1.54) is 0 Å². The lowest BCUT2D eigenvalue weighted by molar-refractivity contribution is 0.103. The molecule has 2 heterocycles. The van der Waals surface area contributed by atoms with Gasteiger partial charge >= 0.3 is 0 Å². The van der Waals surface area contributed by atoms with Gasteiger partial charge in [0.05, 0.1) is 5.56 Å². The number of benzene rings is 1. The molecule has 1 N–H and O–H groups in total. The van der Waals surface area contributed by atoms with Gasteiger partial charge in [0, 0.05) is 22.7 Å². The van der Waals surface area contributed by atoms with Crippen LogP contribution in [-0.2, 0) is 0 Å². The Kier molecular flexibility index (Phi) is 2.33. The Morgan fingerprint density at radius 2 is 1.94 bits per heavy atom. The number of carbonyl (C=O) groups is 1. The third kappa shape index (κ3) is 1.56. The molecule has 0 unspecified atom stereocenters. The minimum absolute atomic E-state index is 0.00167. The molecular weight excluding hydrogens is 226 g/mol. The molecule has 0 spiro atoms. The van der Waals surface area contributed by atoms with Crippen molar-refractivity contribution in [2.24, 2.45) is 0 Å². The molecule has 0 amide bonds. The minimum atomic E-state index is 0.00167. The van der Waals surface area contributed by atoms with Gasteiger partial charge in [-0.15, -0.1) is 0 Å². The van der Waals surface area contributed by atoms with Gasteiger partial charge in [0.25, 0.3) is 0 Å². The highest BCUT2D eigenvalue weighted by Gasteiger charge is 2.18. The number of para-hydroxylation sites is 1. The molecule has 3 rings (SSSR count). The lowest BCUT2D eigenvalue weighted by atomic mass is 10.0. The number of aromatic nitrogens is 1. The molecule has 0 saturated carbocycles. The second kappa shape index (κ2) is 3.88. The van der Waals surface area contributed by atoms with E-state index in [4.69, 9.17) is 4.42 Å². The molecule has 3 aromatic rings. The number of H-pyrrole nitrogens is 1. The molecule has 3 heteroatoms. The van der Waals surface area contributed by atoms with Crippen LogP contribution in [0.4, 0.5) is 0 Å². The standard InChI is InChI=1S/C15H13NO2/c1-9-7-12(10(2)18-9)15(17)13-8-16-14-6-4-3-5-11(13)14/h3-8,16H,1-2H3. The Morgan fingerprint density at radius 1 is 1.17 bits per heavy atom. The normalized spacial score (nSPS) is 11.0. The predicted octanol–water partition coefficient (Wildman–Crippen LogP) is 3.61.